The summed E-state index contributed by atoms with van der Waals surface area (Å²) in [5.41, 5.74) is 0.197. The maximum absolute atomic E-state index is 13.7. The van der Waals surface area contributed by atoms with E-state index in [1.165, 1.54) is 36.4 Å². The summed E-state index contributed by atoms with van der Waals surface area (Å²) in [5.74, 6) is -0.216. The van der Waals surface area contributed by atoms with Gasteiger partial charge in [-0.2, -0.15) is 0 Å². The van der Waals surface area contributed by atoms with Gasteiger partial charge in [-0.15, -0.1) is 10.2 Å². The molecular weight excluding hydrogens is 369 g/mol. The minimum Gasteiger partial charge on any atom is -0.421 e. The maximum Gasteiger partial charge on any atom is 0.250 e. The van der Waals surface area contributed by atoms with Crippen molar-refractivity contribution >= 4 is 21.6 Å². The van der Waals surface area contributed by atoms with Crippen molar-refractivity contribution in [2.24, 2.45) is 0 Å². The lowest BCUT2D eigenvalue weighted by Crippen LogP contribution is -2.26. The molecule has 0 saturated carbocycles. The van der Waals surface area contributed by atoms with Crippen LogP contribution in [-0.4, -0.2) is 25.2 Å². The Balaban J connectivity index is 1.63. The summed E-state index contributed by atoms with van der Waals surface area (Å²) >= 11 is 5.74. The normalized spacial score (nSPS) is 11.6. The number of hydrogen-bond acceptors (Lipinski definition) is 5. The summed E-state index contributed by atoms with van der Waals surface area (Å²) in [6, 6.07) is 11.8. The number of benzene rings is 2. The van der Waals surface area contributed by atoms with E-state index in [0.29, 0.717) is 5.02 Å². The molecule has 1 aromatic heterocycles. The number of aromatic nitrogens is 2. The van der Waals surface area contributed by atoms with Crippen molar-refractivity contribution in [1.82, 2.24) is 14.9 Å². The molecule has 0 amide bonds. The van der Waals surface area contributed by atoms with E-state index in [4.69, 9.17) is 16.0 Å². The molecule has 0 aliphatic rings. The Labute approximate surface area is 148 Å². The van der Waals surface area contributed by atoms with Crippen LogP contribution < -0.4 is 4.72 Å². The van der Waals surface area contributed by atoms with Crippen LogP contribution in [0.25, 0.3) is 11.5 Å². The monoisotopic (exact) mass is 381 g/mol. The fraction of sp³-hybridized carbons (Fsp3) is 0.125. The van der Waals surface area contributed by atoms with Gasteiger partial charge >= 0.3 is 0 Å². The third-order valence-electron chi connectivity index (χ3n) is 3.33. The van der Waals surface area contributed by atoms with Crippen LogP contribution in [-0.2, 0) is 16.4 Å². The van der Waals surface area contributed by atoms with E-state index in [1.807, 2.05) is 0 Å². The molecular formula is C16H13ClFN3O3S. The van der Waals surface area contributed by atoms with Gasteiger partial charge in [-0.1, -0.05) is 23.7 Å². The first-order valence-corrected chi connectivity index (χ1v) is 9.14. The second-order valence-electron chi connectivity index (χ2n) is 5.08. The van der Waals surface area contributed by atoms with Crippen LogP contribution in [0.2, 0.25) is 5.02 Å². The van der Waals surface area contributed by atoms with E-state index in [0.717, 1.165) is 0 Å². The van der Waals surface area contributed by atoms with Crippen molar-refractivity contribution in [3.8, 4) is 11.5 Å². The number of rotatable bonds is 6. The molecule has 0 radical (unpaired) electrons. The van der Waals surface area contributed by atoms with Crippen LogP contribution in [0, 0.1) is 5.82 Å². The molecule has 0 bridgehead atoms. The van der Waals surface area contributed by atoms with Gasteiger partial charge in [0, 0.05) is 18.0 Å². The SMILES string of the molecule is O=S(=O)(NCCc1nnc(-c2ccccc2F)o1)c1ccc(Cl)cc1. The quantitative estimate of drug-likeness (QED) is 0.709. The summed E-state index contributed by atoms with van der Waals surface area (Å²) in [6.07, 6.45) is 0.175. The lowest BCUT2D eigenvalue weighted by atomic mass is 10.2. The van der Waals surface area contributed by atoms with Gasteiger partial charge in [0.1, 0.15) is 5.82 Å². The summed E-state index contributed by atoms with van der Waals surface area (Å²) in [7, 11) is -3.66. The van der Waals surface area contributed by atoms with E-state index in [1.54, 1.807) is 12.1 Å². The zero-order valence-corrected chi connectivity index (χ0v) is 14.4. The summed E-state index contributed by atoms with van der Waals surface area (Å²) < 4.78 is 45.8. The van der Waals surface area contributed by atoms with Crippen LogP contribution in [0.3, 0.4) is 0 Å². The molecule has 2 aromatic carbocycles. The average molecular weight is 382 g/mol. The third-order valence-corrected chi connectivity index (χ3v) is 5.05. The first kappa shape index (κ1) is 17.5. The zero-order chi connectivity index (χ0) is 17.9. The molecule has 3 aromatic rings. The molecule has 0 spiro atoms. The van der Waals surface area contributed by atoms with E-state index in [-0.39, 0.29) is 35.2 Å². The molecule has 130 valence electrons. The van der Waals surface area contributed by atoms with Crippen LogP contribution in [0.5, 0.6) is 0 Å². The van der Waals surface area contributed by atoms with Gasteiger partial charge in [-0.05, 0) is 36.4 Å². The second kappa shape index (κ2) is 7.30. The molecule has 0 unspecified atom stereocenters. The van der Waals surface area contributed by atoms with Gasteiger partial charge in [-0.3, -0.25) is 0 Å². The van der Waals surface area contributed by atoms with Gasteiger partial charge in [0.2, 0.25) is 15.9 Å². The number of nitrogens with zero attached hydrogens (tertiary/aromatic N) is 2. The molecule has 0 fully saturated rings. The molecule has 0 aliphatic carbocycles. The Bertz CT molecular complexity index is 974. The second-order valence-corrected chi connectivity index (χ2v) is 7.29. The summed E-state index contributed by atoms with van der Waals surface area (Å²) in [4.78, 5) is 0.106. The van der Waals surface area contributed by atoms with Crippen molar-refractivity contribution in [2.75, 3.05) is 6.54 Å². The first-order valence-electron chi connectivity index (χ1n) is 7.28. The number of halogens is 2. The minimum atomic E-state index is -3.66. The standard InChI is InChI=1S/C16H13ClFN3O3S/c17-11-5-7-12(8-6-11)25(22,23)19-10-9-15-20-21-16(24-15)13-3-1-2-4-14(13)18/h1-8,19H,9-10H2. The summed E-state index contributed by atoms with van der Waals surface area (Å²) in [6.45, 7) is 0.0594. The summed E-state index contributed by atoms with van der Waals surface area (Å²) in [5, 5.41) is 8.03. The van der Waals surface area contributed by atoms with Crippen molar-refractivity contribution in [1.29, 1.82) is 0 Å². The molecule has 25 heavy (non-hydrogen) atoms. The van der Waals surface area contributed by atoms with Gasteiger partial charge in [0.25, 0.3) is 5.89 Å². The highest BCUT2D eigenvalue weighted by Crippen LogP contribution is 2.21. The molecule has 0 aliphatic heterocycles. The van der Waals surface area contributed by atoms with E-state index < -0.39 is 15.8 Å². The van der Waals surface area contributed by atoms with E-state index in [2.05, 4.69) is 14.9 Å². The van der Waals surface area contributed by atoms with E-state index >= 15 is 0 Å². The lowest BCUT2D eigenvalue weighted by Gasteiger charge is -2.05. The van der Waals surface area contributed by atoms with Gasteiger partial charge < -0.3 is 4.42 Å². The van der Waals surface area contributed by atoms with Gasteiger partial charge in [-0.25, -0.2) is 17.5 Å². The molecule has 6 nitrogen and oxygen atoms in total. The Hall–Kier alpha value is -2.29. The minimum absolute atomic E-state index is 0.0497. The average Bonchev–Trinajstić information content (AvgIpc) is 3.04. The van der Waals surface area contributed by atoms with Crippen molar-refractivity contribution in [2.45, 2.75) is 11.3 Å². The van der Waals surface area contributed by atoms with Gasteiger partial charge in [0.15, 0.2) is 0 Å². The van der Waals surface area contributed by atoms with Crippen LogP contribution >= 0.6 is 11.6 Å². The predicted octanol–water partition coefficient (Wildman–Crippen LogP) is 3.05. The predicted molar refractivity (Wildman–Crippen MR) is 90.0 cm³/mol. The van der Waals surface area contributed by atoms with Crippen LogP contribution in [0.15, 0.2) is 57.8 Å². The molecule has 1 heterocycles. The van der Waals surface area contributed by atoms with E-state index in [9.17, 15) is 12.8 Å². The lowest BCUT2D eigenvalue weighted by molar-refractivity contribution is 0.498. The topological polar surface area (TPSA) is 85.1 Å². The molecule has 0 atom stereocenters. The molecule has 1 N–H and O–H groups in total. The highest BCUT2D eigenvalue weighted by Gasteiger charge is 2.15. The van der Waals surface area contributed by atoms with Crippen molar-refractivity contribution < 1.29 is 17.2 Å². The number of nitrogens with one attached hydrogen (secondary N) is 1. The van der Waals surface area contributed by atoms with Crippen molar-refractivity contribution in [3.05, 3.63) is 65.3 Å². The largest absolute Gasteiger partial charge is 0.421 e. The van der Waals surface area contributed by atoms with Gasteiger partial charge in [0.05, 0.1) is 10.5 Å². The molecule has 3 rings (SSSR count). The highest BCUT2D eigenvalue weighted by atomic mass is 35.5. The fourth-order valence-corrected chi connectivity index (χ4v) is 3.25. The maximum atomic E-state index is 13.7. The Morgan fingerprint density at radius 3 is 2.52 bits per heavy atom. The number of hydrogen-bond donors (Lipinski definition) is 1. The highest BCUT2D eigenvalue weighted by molar-refractivity contribution is 7.89. The molecule has 9 heteroatoms. The first-order chi connectivity index (χ1) is 12.0. The Morgan fingerprint density at radius 1 is 1.08 bits per heavy atom. The number of sulfonamides is 1. The Morgan fingerprint density at radius 2 is 1.80 bits per heavy atom. The van der Waals surface area contributed by atoms with Crippen molar-refractivity contribution in [3.63, 3.8) is 0 Å². The smallest absolute Gasteiger partial charge is 0.250 e. The third kappa shape index (κ3) is 4.22. The fourth-order valence-electron chi connectivity index (χ4n) is 2.09. The van der Waals surface area contributed by atoms with Crippen LogP contribution in [0.1, 0.15) is 5.89 Å². The molecule has 0 saturated heterocycles. The Kier molecular flexibility index (Phi) is 5.12. The zero-order valence-electron chi connectivity index (χ0n) is 12.8. The van der Waals surface area contributed by atoms with Crippen LogP contribution in [0.4, 0.5) is 4.39 Å².